The van der Waals surface area contributed by atoms with E-state index in [1.165, 1.54) is 5.56 Å². The highest BCUT2D eigenvalue weighted by molar-refractivity contribution is 9.10. The highest BCUT2D eigenvalue weighted by Crippen LogP contribution is 2.37. The lowest BCUT2D eigenvalue weighted by atomic mass is 9.89. The van der Waals surface area contributed by atoms with E-state index in [1.54, 1.807) is 7.11 Å². The van der Waals surface area contributed by atoms with E-state index in [9.17, 15) is 0 Å². The predicted octanol–water partition coefficient (Wildman–Crippen LogP) is 2.44. The van der Waals surface area contributed by atoms with Crippen molar-refractivity contribution in [1.29, 1.82) is 0 Å². The van der Waals surface area contributed by atoms with Gasteiger partial charge >= 0.3 is 0 Å². The van der Waals surface area contributed by atoms with Crippen LogP contribution in [0.5, 0.6) is 11.5 Å². The van der Waals surface area contributed by atoms with Crippen molar-refractivity contribution in [3.8, 4) is 11.5 Å². The Bertz CT molecular complexity index is 446. The molecule has 1 aliphatic heterocycles. The fourth-order valence-electron chi connectivity index (χ4n) is 2.27. The van der Waals surface area contributed by atoms with Crippen LogP contribution in [0.25, 0.3) is 0 Å². The molecule has 4 nitrogen and oxygen atoms in total. The van der Waals surface area contributed by atoms with Crippen LogP contribution in [0.15, 0.2) is 16.6 Å². The van der Waals surface area contributed by atoms with Crippen LogP contribution in [0.2, 0.25) is 0 Å². The monoisotopic (exact) mass is 313 g/mol. The van der Waals surface area contributed by atoms with Gasteiger partial charge in [0, 0.05) is 24.2 Å². The normalized spacial score (nSPS) is 25.0. The molecule has 1 aromatic carbocycles. The first-order valence-corrected chi connectivity index (χ1v) is 6.90. The van der Waals surface area contributed by atoms with Crippen LogP contribution in [0.1, 0.15) is 18.4 Å². The highest BCUT2D eigenvalue weighted by atomic mass is 79.9. The standard InChI is InChI=1S/C13H16BrNO3/c1-16-10-3-9(4-10)15-6-8-2-12-13(5-11(8)14)18-7-17-12/h2,5,9-10,15H,3-4,6-7H2,1H3. The predicted molar refractivity (Wildman–Crippen MR) is 70.9 cm³/mol. The first-order chi connectivity index (χ1) is 8.76. The van der Waals surface area contributed by atoms with Crippen LogP contribution in [0, 0.1) is 0 Å². The van der Waals surface area contributed by atoms with Gasteiger partial charge in [0.25, 0.3) is 0 Å². The maximum atomic E-state index is 5.38. The Morgan fingerprint density at radius 2 is 2.06 bits per heavy atom. The minimum Gasteiger partial charge on any atom is -0.454 e. The Morgan fingerprint density at radius 1 is 1.33 bits per heavy atom. The number of fused-ring (bicyclic) bond motifs is 1. The third-order valence-electron chi connectivity index (χ3n) is 3.55. The van der Waals surface area contributed by atoms with Crippen molar-refractivity contribution in [2.24, 2.45) is 0 Å². The fourth-order valence-corrected chi connectivity index (χ4v) is 2.74. The highest BCUT2D eigenvalue weighted by Gasteiger charge is 2.28. The Morgan fingerprint density at radius 3 is 2.78 bits per heavy atom. The molecule has 0 atom stereocenters. The average molecular weight is 314 g/mol. The largest absolute Gasteiger partial charge is 0.454 e. The smallest absolute Gasteiger partial charge is 0.231 e. The lowest BCUT2D eigenvalue weighted by Gasteiger charge is -2.34. The summed E-state index contributed by atoms with van der Waals surface area (Å²) in [4.78, 5) is 0. The number of hydrogen-bond acceptors (Lipinski definition) is 4. The third kappa shape index (κ3) is 2.35. The summed E-state index contributed by atoms with van der Waals surface area (Å²) in [7, 11) is 1.77. The molecule has 2 aliphatic rings. The van der Waals surface area contributed by atoms with Gasteiger partial charge in [0.05, 0.1) is 6.10 Å². The summed E-state index contributed by atoms with van der Waals surface area (Å²) >= 11 is 3.57. The van der Waals surface area contributed by atoms with Gasteiger partial charge in [-0.25, -0.2) is 0 Å². The molecule has 0 amide bonds. The van der Waals surface area contributed by atoms with Gasteiger partial charge in [0.1, 0.15) is 0 Å². The second kappa shape index (κ2) is 5.07. The zero-order valence-electron chi connectivity index (χ0n) is 10.2. The summed E-state index contributed by atoms with van der Waals surface area (Å²) in [5.41, 5.74) is 1.19. The minimum atomic E-state index is 0.316. The first kappa shape index (κ1) is 12.3. The molecule has 1 saturated carbocycles. The zero-order valence-corrected chi connectivity index (χ0v) is 11.8. The number of hydrogen-bond donors (Lipinski definition) is 1. The Labute approximate surface area is 115 Å². The van der Waals surface area contributed by atoms with E-state index in [0.29, 0.717) is 18.9 Å². The van der Waals surface area contributed by atoms with Crippen LogP contribution >= 0.6 is 15.9 Å². The van der Waals surface area contributed by atoms with Crippen molar-refractivity contribution in [2.45, 2.75) is 31.5 Å². The molecule has 1 heterocycles. The van der Waals surface area contributed by atoms with Crippen LogP contribution in [0.4, 0.5) is 0 Å². The van der Waals surface area contributed by atoms with Crippen molar-refractivity contribution >= 4 is 15.9 Å². The molecule has 0 saturated heterocycles. The summed E-state index contributed by atoms with van der Waals surface area (Å²) in [5.74, 6) is 1.65. The van der Waals surface area contributed by atoms with Gasteiger partial charge < -0.3 is 19.5 Å². The van der Waals surface area contributed by atoms with Crippen LogP contribution in [-0.2, 0) is 11.3 Å². The molecule has 1 N–H and O–H groups in total. The molecule has 0 bridgehead atoms. The maximum Gasteiger partial charge on any atom is 0.231 e. The summed E-state index contributed by atoms with van der Waals surface area (Å²) in [6.07, 6.45) is 2.62. The lowest BCUT2D eigenvalue weighted by Crippen LogP contribution is -2.44. The quantitative estimate of drug-likeness (QED) is 0.927. The van der Waals surface area contributed by atoms with E-state index in [2.05, 4.69) is 21.2 Å². The topological polar surface area (TPSA) is 39.7 Å². The second-order valence-electron chi connectivity index (χ2n) is 4.70. The third-order valence-corrected chi connectivity index (χ3v) is 4.29. The number of ether oxygens (including phenoxy) is 3. The van der Waals surface area contributed by atoms with E-state index >= 15 is 0 Å². The minimum absolute atomic E-state index is 0.316. The number of methoxy groups -OCH3 is 1. The van der Waals surface area contributed by atoms with E-state index in [1.807, 2.05) is 12.1 Å². The van der Waals surface area contributed by atoms with E-state index in [0.717, 1.165) is 35.4 Å². The zero-order chi connectivity index (χ0) is 12.5. The van der Waals surface area contributed by atoms with Crippen LogP contribution in [0.3, 0.4) is 0 Å². The van der Waals surface area contributed by atoms with E-state index in [4.69, 9.17) is 14.2 Å². The Balaban J connectivity index is 1.60. The number of halogens is 1. The molecule has 0 radical (unpaired) electrons. The summed E-state index contributed by atoms with van der Waals surface area (Å²) in [5, 5.41) is 3.53. The molecule has 0 spiro atoms. The van der Waals surface area contributed by atoms with Crippen molar-refractivity contribution in [3.63, 3.8) is 0 Å². The molecule has 18 heavy (non-hydrogen) atoms. The van der Waals surface area contributed by atoms with Crippen molar-refractivity contribution in [2.75, 3.05) is 13.9 Å². The number of nitrogens with one attached hydrogen (secondary N) is 1. The average Bonchev–Trinajstić information content (AvgIpc) is 2.74. The Kier molecular flexibility index (Phi) is 3.46. The van der Waals surface area contributed by atoms with Gasteiger partial charge in [0.2, 0.25) is 6.79 Å². The summed E-state index contributed by atoms with van der Waals surface area (Å²) in [6.45, 7) is 1.15. The Hall–Kier alpha value is -0.780. The van der Waals surface area contributed by atoms with Gasteiger partial charge in [-0.15, -0.1) is 0 Å². The SMILES string of the molecule is COC1CC(NCc2cc3c(cc2Br)OCO3)C1. The molecular weight excluding hydrogens is 298 g/mol. The molecule has 0 aromatic heterocycles. The first-order valence-electron chi connectivity index (χ1n) is 6.10. The molecule has 1 aliphatic carbocycles. The van der Waals surface area contributed by atoms with Gasteiger partial charge in [-0.3, -0.25) is 0 Å². The van der Waals surface area contributed by atoms with Crippen molar-refractivity contribution in [1.82, 2.24) is 5.32 Å². The second-order valence-corrected chi connectivity index (χ2v) is 5.56. The molecule has 3 rings (SSSR count). The van der Waals surface area contributed by atoms with Gasteiger partial charge in [0.15, 0.2) is 11.5 Å². The molecular formula is C13H16BrNO3. The number of benzene rings is 1. The van der Waals surface area contributed by atoms with Crippen molar-refractivity contribution < 1.29 is 14.2 Å². The lowest BCUT2D eigenvalue weighted by molar-refractivity contribution is 0.0170. The molecule has 98 valence electrons. The molecule has 1 aromatic rings. The van der Waals surface area contributed by atoms with Gasteiger partial charge in [-0.05, 0) is 30.5 Å². The molecule has 1 fully saturated rings. The summed E-state index contributed by atoms with van der Waals surface area (Å²) in [6, 6.07) is 4.57. The van der Waals surface area contributed by atoms with Crippen LogP contribution in [-0.4, -0.2) is 26.0 Å². The van der Waals surface area contributed by atoms with E-state index < -0.39 is 0 Å². The van der Waals surface area contributed by atoms with Crippen molar-refractivity contribution in [3.05, 3.63) is 22.2 Å². The van der Waals surface area contributed by atoms with E-state index in [-0.39, 0.29) is 0 Å². The number of rotatable bonds is 4. The van der Waals surface area contributed by atoms with Gasteiger partial charge in [-0.2, -0.15) is 0 Å². The fraction of sp³-hybridized carbons (Fsp3) is 0.538. The molecule has 5 heteroatoms. The van der Waals surface area contributed by atoms with Crippen LogP contribution < -0.4 is 14.8 Å². The maximum absolute atomic E-state index is 5.38. The van der Waals surface area contributed by atoms with Gasteiger partial charge in [-0.1, -0.05) is 15.9 Å². The summed E-state index contributed by atoms with van der Waals surface area (Å²) < 4.78 is 17.0. The molecule has 0 unspecified atom stereocenters.